The third kappa shape index (κ3) is 7.08. The van der Waals surface area contributed by atoms with Gasteiger partial charge in [0.1, 0.15) is 22.3 Å². The molecule has 0 aliphatic rings. The lowest BCUT2D eigenvalue weighted by atomic mass is 10.0. The van der Waals surface area contributed by atoms with E-state index in [1.54, 1.807) is 0 Å². The number of nitrogens with zero attached hydrogens (tertiary/aromatic N) is 4. The van der Waals surface area contributed by atoms with Crippen LogP contribution in [0.1, 0.15) is 11.1 Å². The van der Waals surface area contributed by atoms with Crippen LogP contribution in [0.4, 0.5) is 34.1 Å². The molecule has 0 aliphatic heterocycles. The summed E-state index contributed by atoms with van der Waals surface area (Å²) in [6.45, 7) is 4.38. The Kier molecular flexibility index (Phi) is 10.0. The Hall–Kier alpha value is -10.8. The second-order valence-corrected chi connectivity index (χ2v) is 21.8. The maximum absolute atomic E-state index is 6.79. The Morgan fingerprint density at radius 1 is 0.256 bits per heavy atom. The van der Waals surface area contributed by atoms with Gasteiger partial charge < -0.3 is 27.8 Å². The Bertz CT molecular complexity index is 5120. The molecule has 0 spiro atoms. The Balaban J connectivity index is 0.755. The van der Waals surface area contributed by atoms with Crippen molar-refractivity contribution in [3.63, 3.8) is 0 Å². The first-order valence-corrected chi connectivity index (χ1v) is 28.0. The Morgan fingerprint density at radius 2 is 0.622 bits per heavy atom. The summed E-state index contributed by atoms with van der Waals surface area (Å²) in [4.78, 5) is 4.78. The van der Waals surface area contributed by atoms with E-state index in [2.05, 4.69) is 300 Å². The van der Waals surface area contributed by atoms with Gasteiger partial charge in [-0.2, -0.15) is 0 Å². The summed E-state index contributed by atoms with van der Waals surface area (Å²) in [6.07, 6.45) is 0. The number of hydrogen-bond donors (Lipinski definition) is 0. The number of hydrogen-bond acceptors (Lipinski definition) is 4. The molecule has 0 amide bonds. The van der Waals surface area contributed by atoms with Gasteiger partial charge in [0, 0.05) is 94.7 Å². The zero-order chi connectivity index (χ0) is 54.2. The highest BCUT2D eigenvalue weighted by atomic mass is 16.3. The van der Waals surface area contributed by atoms with Crippen LogP contribution in [0.2, 0.25) is 0 Å². The number of furan rings is 2. The fourth-order valence-electron chi connectivity index (χ4n) is 13.2. The first kappa shape index (κ1) is 46.1. The molecule has 0 aliphatic carbocycles. The van der Waals surface area contributed by atoms with Gasteiger partial charge in [-0.05, 0) is 186 Å². The van der Waals surface area contributed by atoms with Crippen LogP contribution in [0.3, 0.4) is 0 Å². The number of rotatable bonds is 8. The van der Waals surface area contributed by atoms with Crippen molar-refractivity contribution in [2.45, 2.75) is 13.8 Å². The predicted molar refractivity (Wildman–Crippen MR) is 344 cm³/mol. The van der Waals surface area contributed by atoms with E-state index >= 15 is 0 Å². The lowest BCUT2D eigenvalue weighted by Gasteiger charge is -2.27. The summed E-state index contributed by atoms with van der Waals surface area (Å²) in [5.74, 6) is 0. The fraction of sp³-hybridized carbons (Fsp3) is 0.0263. The van der Waals surface area contributed by atoms with Crippen LogP contribution in [-0.2, 0) is 0 Å². The summed E-state index contributed by atoms with van der Waals surface area (Å²) in [6, 6.07) is 96.7. The van der Waals surface area contributed by atoms with Crippen LogP contribution in [0.5, 0.6) is 0 Å². The summed E-state index contributed by atoms with van der Waals surface area (Å²) in [5, 5.41) is 13.6. The van der Waals surface area contributed by atoms with Crippen molar-refractivity contribution in [1.82, 2.24) is 9.13 Å². The van der Waals surface area contributed by atoms with Gasteiger partial charge in [-0.1, -0.05) is 121 Å². The standard InChI is InChI=1S/C76H50N4O2/c1-47-17-9-13-25-67(47)77(57-33-35-71-61(43-57)59-23-11-15-27-69(59)79(71)53-19-5-3-6-20-53)55-31-29-49-39-63-65-45-66-64-40-50-30-32-56(38-52(50)42-74(64)82-76(66)46-75(65)81-73(63)41-51(49)37-55)78(68-26-14-10-18-48(68)2)58-34-36-72-62(44-58)60-24-12-16-28-70(60)80(72)54-21-7-4-8-22-54/h3-46H,1-2H3. The van der Waals surface area contributed by atoms with Gasteiger partial charge >= 0.3 is 0 Å². The van der Waals surface area contributed by atoms with E-state index < -0.39 is 0 Å². The van der Waals surface area contributed by atoms with Crippen molar-refractivity contribution in [1.29, 1.82) is 0 Å². The number of benzene rings is 13. The molecule has 0 atom stereocenters. The molecular weight excluding hydrogens is 1000 g/mol. The molecule has 0 saturated heterocycles. The van der Waals surface area contributed by atoms with Gasteiger partial charge in [0.2, 0.25) is 0 Å². The molecule has 386 valence electrons. The van der Waals surface area contributed by atoms with E-state index in [9.17, 15) is 0 Å². The molecular formula is C76H50N4O2. The largest absolute Gasteiger partial charge is 0.456 e. The third-order valence-electron chi connectivity index (χ3n) is 17.0. The first-order valence-electron chi connectivity index (χ1n) is 28.0. The molecule has 0 N–H and O–H groups in total. The normalized spacial score (nSPS) is 12.0. The second-order valence-electron chi connectivity index (χ2n) is 21.8. The molecule has 0 unspecified atom stereocenters. The first-order chi connectivity index (χ1) is 40.5. The number of para-hydroxylation sites is 6. The fourth-order valence-corrected chi connectivity index (χ4v) is 13.2. The summed E-state index contributed by atoms with van der Waals surface area (Å²) in [5.41, 5.74) is 19.2. The van der Waals surface area contributed by atoms with E-state index in [4.69, 9.17) is 8.83 Å². The quantitative estimate of drug-likeness (QED) is 0.152. The second kappa shape index (κ2) is 17.8. The molecule has 0 saturated carbocycles. The SMILES string of the molecule is Cc1ccccc1N(c1ccc2cc3c(cc2c1)oc1cc2oc4cc5cc(N(c6ccc7c(c6)c6ccccc6n7-c6ccccc6)c6ccccc6C)ccc5cc4c2cc13)c1ccc2c(c1)c1ccccc1n2-c1ccccc1. The van der Waals surface area contributed by atoms with Crippen molar-refractivity contribution in [2.75, 3.05) is 9.80 Å². The van der Waals surface area contributed by atoms with Crippen molar-refractivity contribution >= 4 is 143 Å². The van der Waals surface area contributed by atoms with Gasteiger partial charge in [-0.15, -0.1) is 0 Å². The van der Waals surface area contributed by atoms with E-state index in [1.807, 2.05) is 0 Å². The van der Waals surface area contributed by atoms with E-state index in [1.165, 1.54) is 54.7 Å². The minimum Gasteiger partial charge on any atom is -0.456 e. The maximum atomic E-state index is 6.79. The zero-order valence-corrected chi connectivity index (χ0v) is 45.0. The van der Waals surface area contributed by atoms with E-state index in [0.29, 0.717) is 0 Å². The molecule has 0 fully saturated rings. The van der Waals surface area contributed by atoms with Crippen LogP contribution in [0.15, 0.2) is 276 Å². The summed E-state index contributed by atoms with van der Waals surface area (Å²) < 4.78 is 18.3. The lowest BCUT2D eigenvalue weighted by molar-refractivity contribution is 0.656. The molecule has 82 heavy (non-hydrogen) atoms. The molecule has 6 heteroatoms. The van der Waals surface area contributed by atoms with Gasteiger partial charge in [0.25, 0.3) is 0 Å². The molecule has 17 aromatic rings. The lowest BCUT2D eigenvalue weighted by Crippen LogP contribution is -2.11. The van der Waals surface area contributed by atoms with Crippen LogP contribution in [0, 0.1) is 13.8 Å². The highest BCUT2D eigenvalue weighted by molar-refractivity contribution is 6.19. The van der Waals surface area contributed by atoms with Gasteiger partial charge in [0.15, 0.2) is 0 Å². The van der Waals surface area contributed by atoms with Crippen LogP contribution < -0.4 is 9.80 Å². The number of fused-ring (bicyclic) bond motifs is 14. The molecule has 4 aromatic heterocycles. The van der Waals surface area contributed by atoms with E-state index in [-0.39, 0.29) is 0 Å². The van der Waals surface area contributed by atoms with E-state index in [0.717, 1.165) is 111 Å². The molecule has 6 nitrogen and oxygen atoms in total. The van der Waals surface area contributed by atoms with Gasteiger partial charge in [-0.25, -0.2) is 0 Å². The zero-order valence-electron chi connectivity index (χ0n) is 45.0. The van der Waals surface area contributed by atoms with Crippen molar-refractivity contribution in [2.24, 2.45) is 0 Å². The molecule has 4 heterocycles. The minimum absolute atomic E-state index is 0.797. The third-order valence-corrected chi connectivity index (χ3v) is 17.0. The number of aryl methyl sites for hydroxylation is 2. The number of anilines is 6. The Labute approximate surface area is 471 Å². The Morgan fingerprint density at radius 3 is 1.09 bits per heavy atom. The smallest absolute Gasteiger partial charge is 0.139 e. The maximum Gasteiger partial charge on any atom is 0.139 e. The molecule has 13 aromatic carbocycles. The van der Waals surface area contributed by atoms with Crippen LogP contribution in [0.25, 0.3) is 120 Å². The van der Waals surface area contributed by atoms with Crippen LogP contribution >= 0.6 is 0 Å². The minimum atomic E-state index is 0.797. The topological polar surface area (TPSA) is 42.6 Å². The summed E-state index contributed by atoms with van der Waals surface area (Å²) in [7, 11) is 0. The molecule has 0 bridgehead atoms. The monoisotopic (exact) mass is 1050 g/mol. The average Bonchev–Trinajstić information content (AvgIpc) is 4.26. The van der Waals surface area contributed by atoms with Crippen LogP contribution in [-0.4, -0.2) is 9.13 Å². The average molecular weight is 1050 g/mol. The predicted octanol–water partition coefficient (Wildman–Crippen LogP) is 21.5. The molecule has 0 radical (unpaired) electrons. The highest BCUT2D eigenvalue weighted by Gasteiger charge is 2.23. The van der Waals surface area contributed by atoms with Gasteiger partial charge in [-0.3, -0.25) is 0 Å². The van der Waals surface area contributed by atoms with Crippen molar-refractivity contribution in [3.8, 4) is 11.4 Å². The van der Waals surface area contributed by atoms with Crippen molar-refractivity contribution in [3.05, 3.63) is 278 Å². The highest BCUT2D eigenvalue weighted by Crippen LogP contribution is 2.46. The molecule has 17 rings (SSSR count). The van der Waals surface area contributed by atoms with Gasteiger partial charge in [0.05, 0.1) is 22.1 Å². The summed E-state index contributed by atoms with van der Waals surface area (Å²) >= 11 is 0. The number of aromatic nitrogens is 2. The van der Waals surface area contributed by atoms with Crippen molar-refractivity contribution < 1.29 is 8.83 Å².